The lowest BCUT2D eigenvalue weighted by atomic mass is 9.90. The third-order valence-corrected chi connectivity index (χ3v) is 9.18. The van der Waals surface area contributed by atoms with E-state index in [1.54, 1.807) is 34.2 Å². The van der Waals surface area contributed by atoms with Gasteiger partial charge in [-0.25, -0.2) is 14.6 Å². The monoisotopic (exact) mass is 674 g/mol. The van der Waals surface area contributed by atoms with Crippen LogP contribution in [-0.2, 0) is 24.9 Å². The van der Waals surface area contributed by atoms with Crippen LogP contribution in [0.4, 0.5) is 11.6 Å². The molecule has 0 unspecified atom stereocenters. The number of benzene rings is 1. The van der Waals surface area contributed by atoms with E-state index in [1.165, 1.54) is 0 Å². The molecule has 0 radical (unpaired) electrons. The van der Waals surface area contributed by atoms with Crippen molar-refractivity contribution in [2.45, 2.75) is 63.9 Å². The van der Waals surface area contributed by atoms with Gasteiger partial charge in [0.25, 0.3) is 5.88 Å². The van der Waals surface area contributed by atoms with Gasteiger partial charge in [-0.15, -0.1) is 10.2 Å². The fraction of sp³-hybridized carbons (Fsp3) is 0.469. The summed E-state index contributed by atoms with van der Waals surface area (Å²) in [5.74, 6) is 1.44. The minimum atomic E-state index is -0.223. The van der Waals surface area contributed by atoms with Crippen molar-refractivity contribution in [2.24, 2.45) is 7.05 Å². The second kappa shape index (κ2) is 14.7. The quantitative estimate of drug-likeness (QED) is 0.201. The van der Waals surface area contributed by atoms with Crippen molar-refractivity contribution < 1.29 is 14.2 Å². The first-order chi connectivity index (χ1) is 23.5. The van der Waals surface area contributed by atoms with E-state index in [-0.39, 0.29) is 12.1 Å². The average Bonchev–Trinajstić information content (AvgIpc) is 3.87. The van der Waals surface area contributed by atoms with E-state index in [4.69, 9.17) is 35.9 Å². The molecule has 1 aromatic carbocycles. The number of halogens is 1. The summed E-state index contributed by atoms with van der Waals surface area (Å²) < 4.78 is 23.4. The van der Waals surface area contributed by atoms with Gasteiger partial charge in [-0.2, -0.15) is 5.10 Å². The van der Waals surface area contributed by atoms with Crippen molar-refractivity contribution in [1.29, 1.82) is 0 Å². The largest absolute Gasteiger partial charge is 0.487 e. The highest BCUT2D eigenvalue weighted by Crippen LogP contribution is 2.36. The van der Waals surface area contributed by atoms with Crippen molar-refractivity contribution >= 4 is 23.2 Å². The van der Waals surface area contributed by atoms with Gasteiger partial charge in [0, 0.05) is 44.1 Å². The maximum atomic E-state index is 6.50. The molecular formula is C32H39ClN12O3. The lowest BCUT2D eigenvalue weighted by molar-refractivity contribution is 0.00502. The maximum Gasteiger partial charge on any atom is 0.257 e. The molecular weight excluding hydrogens is 636 g/mol. The van der Waals surface area contributed by atoms with Gasteiger partial charge in [-0.1, -0.05) is 17.7 Å². The van der Waals surface area contributed by atoms with E-state index in [2.05, 4.69) is 35.8 Å². The fourth-order valence-corrected chi connectivity index (χ4v) is 6.47. The van der Waals surface area contributed by atoms with Crippen molar-refractivity contribution in [1.82, 2.24) is 54.6 Å². The number of aryl methyl sites for hydroxylation is 1. The first-order valence-electron chi connectivity index (χ1n) is 16.3. The van der Waals surface area contributed by atoms with Gasteiger partial charge >= 0.3 is 0 Å². The minimum Gasteiger partial charge on any atom is -0.487 e. The van der Waals surface area contributed by atoms with Crippen LogP contribution in [0.15, 0.2) is 55.2 Å². The third kappa shape index (κ3) is 7.58. The van der Waals surface area contributed by atoms with Crippen LogP contribution in [0, 0.1) is 0 Å². The van der Waals surface area contributed by atoms with E-state index in [9.17, 15) is 0 Å². The van der Waals surface area contributed by atoms with E-state index in [0.29, 0.717) is 53.2 Å². The molecule has 0 amide bonds. The number of hydrogen-bond acceptors (Lipinski definition) is 12. The van der Waals surface area contributed by atoms with Crippen LogP contribution in [0.25, 0.3) is 11.3 Å². The molecule has 5 heterocycles. The Morgan fingerprint density at radius 2 is 1.90 bits per heavy atom. The summed E-state index contributed by atoms with van der Waals surface area (Å²) in [5, 5.41) is 24.3. The highest BCUT2D eigenvalue weighted by Gasteiger charge is 2.29. The summed E-state index contributed by atoms with van der Waals surface area (Å²) in [6, 6.07) is 10.2. The third-order valence-electron chi connectivity index (χ3n) is 8.87. The molecule has 15 nitrogen and oxygen atoms in total. The predicted octanol–water partition coefficient (Wildman–Crippen LogP) is 4.32. The molecule has 252 valence electrons. The molecule has 7 rings (SSSR count). The number of anilines is 2. The molecule has 4 aromatic heterocycles. The zero-order valence-corrected chi connectivity index (χ0v) is 27.8. The van der Waals surface area contributed by atoms with Crippen LogP contribution in [0.3, 0.4) is 0 Å². The molecule has 16 heteroatoms. The molecule has 0 spiro atoms. The maximum absolute atomic E-state index is 6.50. The van der Waals surface area contributed by atoms with Crippen LogP contribution in [-0.4, -0.2) is 93.1 Å². The Kier molecular flexibility index (Phi) is 9.77. The summed E-state index contributed by atoms with van der Waals surface area (Å²) >= 11 is 6.50. The Morgan fingerprint density at radius 3 is 2.67 bits per heavy atom. The number of tetrazole rings is 1. The van der Waals surface area contributed by atoms with Gasteiger partial charge in [0.1, 0.15) is 30.5 Å². The number of nitrogens with zero attached hydrogens (tertiary/aromatic N) is 11. The van der Waals surface area contributed by atoms with Gasteiger partial charge in [0.2, 0.25) is 5.95 Å². The Bertz CT molecular complexity index is 1780. The van der Waals surface area contributed by atoms with E-state index in [1.807, 2.05) is 49.1 Å². The Balaban J connectivity index is 1.08. The predicted molar refractivity (Wildman–Crippen MR) is 177 cm³/mol. The van der Waals surface area contributed by atoms with Crippen LogP contribution < -0.4 is 14.8 Å². The van der Waals surface area contributed by atoms with Gasteiger partial charge in [0.05, 0.1) is 48.4 Å². The van der Waals surface area contributed by atoms with Gasteiger partial charge in [-0.05, 0) is 67.3 Å². The Morgan fingerprint density at radius 1 is 1.06 bits per heavy atom. The summed E-state index contributed by atoms with van der Waals surface area (Å²) in [4.78, 5) is 11.9. The summed E-state index contributed by atoms with van der Waals surface area (Å²) in [6.45, 7) is 6.41. The molecule has 1 N–H and O–H groups in total. The van der Waals surface area contributed by atoms with E-state index >= 15 is 0 Å². The van der Waals surface area contributed by atoms with Crippen molar-refractivity contribution in [3.8, 4) is 22.9 Å². The van der Waals surface area contributed by atoms with Crippen LogP contribution >= 0.6 is 11.6 Å². The number of hydrogen-bond donors (Lipinski definition) is 1. The number of nitrogens with one attached hydrogen (secondary N) is 1. The number of rotatable bonds is 12. The highest BCUT2D eigenvalue weighted by atomic mass is 35.5. The fourth-order valence-electron chi connectivity index (χ4n) is 6.30. The Labute approximate surface area is 283 Å². The zero-order chi connectivity index (χ0) is 32.9. The zero-order valence-electron chi connectivity index (χ0n) is 27.0. The molecule has 2 fully saturated rings. The Hall–Kier alpha value is -4.60. The SMILES string of the molecule is C[C@@H](Cn1cnnn1)Oc1cc(-c2ccnc(Nc3cn(C4CCC(N5CCOCC5)CC4)nc3OCc3ccnn3C)n2)ccc1Cl. The van der Waals surface area contributed by atoms with Gasteiger partial charge in [0.15, 0.2) is 0 Å². The molecule has 0 bridgehead atoms. The first-order valence-corrected chi connectivity index (χ1v) is 16.6. The van der Waals surface area contributed by atoms with Gasteiger partial charge < -0.3 is 19.5 Å². The second-order valence-electron chi connectivity index (χ2n) is 12.2. The summed E-state index contributed by atoms with van der Waals surface area (Å²) in [6.07, 6.45) is 11.2. The average molecular weight is 675 g/mol. The summed E-state index contributed by atoms with van der Waals surface area (Å²) in [5.41, 5.74) is 3.16. The number of ether oxygens (including phenoxy) is 3. The van der Waals surface area contributed by atoms with Crippen LogP contribution in [0.5, 0.6) is 11.6 Å². The lowest BCUT2D eigenvalue weighted by Gasteiger charge is -2.38. The molecule has 1 aliphatic heterocycles. The van der Waals surface area contributed by atoms with E-state index < -0.39 is 0 Å². The summed E-state index contributed by atoms with van der Waals surface area (Å²) in [7, 11) is 1.89. The second-order valence-corrected chi connectivity index (χ2v) is 12.6. The van der Waals surface area contributed by atoms with Crippen LogP contribution in [0.2, 0.25) is 5.02 Å². The van der Waals surface area contributed by atoms with E-state index in [0.717, 1.165) is 63.2 Å². The highest BCUT2D eigenvalue weighted by molar-refractivity contribution is 6.32. The smallest absolute Gasteiger partial charge is 0.257 e. The molecule has 48 heavy (non-hydrogen) atoms. The normalized spacial score (nSPS) is 19.2. The van der Waals surface area contributed by atoms with Crippen LogP contribution in [0.1, 0.15) is 44.3 Å². The lowest BCUT2D eigenvalue weighted by Crippen LogP contribution is -2.45. The van der Waals surface area contributed by atoms with Crippen molar-refractivity contribution in [2.75, 3.05) is 31.6 Å². The standard InChI is InChI=1S/C32H39ClN12O3/c1-22(18-44-21-35-40-41-44)48-30-17-23(3-8-27(30)33)28-10-11-34-32(37-28)38-29-19-45(39-31(29)47-20-26-9-12-36-42(26)2)25-6-4-24(5-7-25)43-13-15-46-16-14-43/h3,8-12,17,19,21-22,24-25H,4-7,13-16,18,20H2,1-2H3,(H,34,37,38)/t22-,24?,25?/m0/s1. The molecule has 1 saturated heterocycles. The topological polar surface area (TPSA) is 148 Å². The number of morpholine rings is 1. The molecule has 1 saturated carbocycles. The van der Waals surface area contributed by atoms with Crippen molar-refractivity contribution in [3.63, 3.8) is 0 Å². The number of aromatic nitrogens is 10. The molecule has 2 aliphatic rings. The minimum absolute atomic E-state index is 0.223. The first kappa shape index (κ1) is 32.0. The molecule has 1 aliphatic carbocycles. The van der Waals surface area contributed by atoms with Gasteiger partial charge in [-0.3, -0.25) is 14.3 Å². The molecule has 1 atom stereocenters. The van der Waals surface area contributed by atoms with Crippen molar-refractivity contribution in [3.05, 3.63) is 66.0 Å². The molecule has 5 aromatic rings.